The Labute approximate surface area is 231 Å². The second-order valence-corrected chi connectivity index (χ2v) is 10.1. The molecule has 6 rings (SSSR count). The lowest BCUT2D eigenvalue weighted by Gasteiger charge is -2.16. The van der Waals surface area contributed by atoms with Crippen molar-refractivity contribution in [3.05, 3.63) is 113 Å². The van der Waals surface area contributed by atoms with Crippen molar-refractivity contribution < 1.29 is 0 Å². The number of rotatable bonds is 3. The number of nitriles is 4. The van der Waals surface area contributed by atoms with E-state index in [-0.39, 0.29) is 5.92 Å². The van der Waals surface area contributed by atoms with Crippen LogP contribution in [-0.4, -0.2) is 4.57 Å². The first-order valence-corrected chi connectivity index (χ1v) is 12.9. The van der Waals surface area contributed by atoms with Crippen LogP contribution in [0, 0.1) is 45.3 Å². The van der Waals surface area contributed by atoms with Gasteiger partial charge in [-0.1, -0.05) is 32.0 Å². The Morgan fingerprint density at radius 1 is 0.625 bits per heavy atom. The average Bonchev–Trinajstić information content (AvgIpc) is 3.33. The molecule has 0 amide bonds. The molecule has 0 fully saturated rings. The van der Waals surface area contributed by atoms with Gasteiger partial charge in [0.25, 0.3) is 0 Å². The average molecular weight is 512 g/mol. The Morgan fingerprint density at radius 3 is 2.05 bits per heavy atom. The molecule has 0 unspecified atom stereocenters. The predicted octanol–water partition coefficient (Wildman–Crippen LogP) is 8.21. The summed E-state index contributed by atoms with van der Waals surface area (Å²) in [5.41, 5.74) is 7.62. The summed E-state index contributed by atoms with van der Waals surface area (Å²) in [5, 5.41) is 42.6. The molecule has 5 nitrogen and oxygen atoms in total. The number of aromatic nitrogens is 1. The molecule has 5 heteroatoms. The monoisotopic (exact) mass is 511 g/mol. The summed E-state index contributed by atoms with van der Waals surface area (Å²) in [7, 11) is 0. The Balaban J connectivity index is 1.70. The normalized spacial score (nSPS) is 10.9. The summed E-state index contributed by atoms with van der Waals surface area (Å²) in [6, 6.07) is 35.9. The van der Waals surface area contributed by atoms with Crippen LogP contribution in [0.15, 0.2) is 84.9 Å². The molecule has 0 bridgehead atoms. The van der Waals surface area contributed by atoms with Crippen LogP contribution >= 0.6 is 0 Å². The van der Waals surface area contributed by atoms with E-state index in [0.717, 1.165) is 55.0 Å². The molecule has 0 aliphatic heterocycles. The zero-order valence-corrected chi connectivity index (χ0v) is 21.9. The lowest BCUT2D eigenvalue weighted by molar-refractivity contribution is 0.876. The van der Waals surface area contributed by atoms with E-state index in [1.807, 2.05) is 48.5 Å². The second kappa shape index (κ2) is 9.45. The van der Waals surface area contributed by atoms with Gasteiger partial charge in [-0.25, -0.2) is 0 Å². The zero-order chi connectivity index (χ0) is 28.0. The molecule has 186 valence electrons. The van der Waals surface area contributed by atoms with E-state index in [9.17, 15) is 21.0 Å². The van der Waals surface area contributed by atoms with Gasteiger partial charge in [0.2, 0.25) is 0 Å². The molecule has 0 spiro atoms. The van der Waals surface area contributed by atoms with Gasteiger partial charge in [0.05, 0.1) is 51.5 Å². The molecule has 6 aromatic rings. The van der Waals surface area contributed by atoms with Crippen LogP contribution in [0.4, 0.5) is 0 Å². The Bertz CT molecular complexity index is 2170. The standard InChI is InChI=1S/C35H21N5/c1-21(2)28-16-29(32(20-39)30-14-23(18-37)8-12-27(28)30)24-9-13-33-31(15-24)35-25(19-38)4-3-5-34(35)40(33)26-10-6-22(17-36)7-11-26/h3-16,21H,1-2H3. The summed E-state index contributed by atoms with van der Waals surface area (Å²) in [6.07, 6.45) is 0. The minimum absolute atomic E-state index is 0.203. The Kier molecular flexibility index (Phi) is 5.78. The van der Waals surface area contributed by atoms with Crippen LogP contribution in [-0.2, 0) is 0 Å². The van der Waals surface area contributed by atoms with E-state index in [2.05, 4.69) is 54.8 Å². The third-order valence-electron chi connectivity index (χ3n) is 7.51. The van der Waals surface area contributed by atoms with Gasteiger partial charge >= 0.3 is 0 Å². The zero-order valence-electron chi connectivity index (χ0n) is 21.9. The van der Waals surface area contributed by atoms with Crippen LogP contribution in [0.3, 0.4) is 0 Å². The summed E-state index contributed by atoms with van der Waals surface area (Å²) < 4.78 is 2.10. The molecule has 0 saturated carbocycles. The van der Waals surface area contributed by atoms with Crippen molar-refractivity contribution in [2.24, 2.45) is 0 Å². The molecule has 0 atom stereocenters. The Morgan fingerprint density at radius 2 is 1.38 bits per heavy atom. The summed E-state index contributed by atoms with van der Waals surface area (Å²) in [6.45, 7) is 4.24. The fourth-order valence-electron chi connectivity index (χ4n) is 5.64. The maximum absolute atomic E-state index is 10.3. The molecule has 40 heavy (non-hydrogen) atoms. The van der Waals surface area contributed by atoms with Crippen LogP contribution in [0.5, 0.6) is 0 Å². The quantitative estimate of drug-likeness (QED) is 0.239. The highest BCUT2D eigenvalue weighted by Gasteiger charge is 2.19. The first-order chi connectivity index (χ1) is 19.5. The van der Waals surface area contributed by atoms with E-state index in [4.69, 9.17) is 0 Å². The SMILES string of the molecule is CC(C)c1cc(-c2ccc3c(c2)c2c(C#N)cccc2n3-c2ccc(C#N)cc2)c(C#N)c2cc(C#N)ccc12. The van der Waals surface area contributed by atoms with E-state index < -0.39 is 0 Å². The third kappa shape index (κ3) is 3.67. The molecule has 1 aromatic heterocycles. The molecule has 0 saturated heterocycles. The lowest BCUT2D eigenvalue weighted by Crippen LogP contribution is -1.97. The fourth-order valence-corrected chi connectivity index (χ4v) is 5.64. The Hall–Kier alpha value is -5.88. The molecule has 0 aliphatic rings. The maximum Gasteiger partial charge on any atom is 0.100 e. The van der Waals surface area contributed by atoms with Crippen molar-refractivity contribution >= 4 is 32.6 Å². The molecule has 0 aliphatic carbocycles. The topological polar surface area (TPSA) is 100 Å². The molecule has 0 N–H and O–H groups in total. The van der Waals surface area contributed by atoms with E-state index in [0.29, 0.717) is 22.3 Å². The number of fused-ring (bicyclic) bond motifs is 4. The number of hydrogen-bond donors (Lipinski definition) is 0. The second-order valence-electron chi connectivity index (χ2n) is 10.1. The molecule has 0 radical (unpaired) electrons. The third-order valence-corrected chi connectivity index (χ3v) is 7.51. The number of benzene rings is 5. The maximum atomic E-state index is 10.3. The van der Waals surface area contributed by atoms with Crippen LogP contribution in [0.1, 0.15) is 47.6 Å². The highest BCUT2D eigenvalue weighted by molar-refractivity contribution is 6.13. The van der Waals surface area contributed by atoms with Gasteiger partial charge in [0, 0.05) is 27.4 Å². The van der Waals surface area contributed by atoms with E-state index >= 15 is 0 Å². The van der Waals surface area contributed by atoms with Crippen molar-refractivity contribution in [2.75, 3.05) is 0 Å². The molecule has 1 heterocycles. The predicted molar refractivity (Wildman–Crippen MR) is 157 cm³/mol. The highest BCUT2D eigenvalue weighted by Crippen LogP contribution is 2.40. The van der Waals surface area contributed by atoms with Gasteiger partial charge < -0.3 is 4.57 Å². The largest absolute Gasteiger partial charge is 0.309 e. The number of nitrogens with zero attached hydrogens (tertiary/aromatic N) is 5. The van der Waals surface area contributed by atoms with Crippen molar-refractivity contribution in [3.63, 3.8) is 0 Å². The van der Waals surface area contributed by atoms with Gasteiger partial charge in [-0.2, -0.15) is 21.0 Å². The summed E-state index contributed by atoms with van der Waals surface area (Å²) in [4.78, 5) is 0. The molecular weight excluding hydrogens is 490 g/mol. The van der Waals surface area contributed by atoms with Crippen molar-refractivity contribution in [3.8, 4) is 41.1 Å². The first kappa shape index (κ1) is 24.5. The van der Waals surface area contributed by atoms with Gasteiger partial charge in [-0.05, 0) is 89.2 Å². The van der Waals surface area contributed by atoms with Crippen LogP contribution in [0.2, 0.25) is 0 Å². The van der Waals surface area contributed by atoms with Crippen molar-refractivity contribution in [1.29, 1.82) is 21.0 Å². The fraction of sp³-hybridized carbons (Fsp3) is 0.0857. The van der Waals surface area contributed by atoms with E-state index in [1.54, 1.807) is 24.3 Å². The van der Waals surface area contributed by atoms with Crippen LogP contribution < -0.4 is 0 Å². The lowest BCUT2D eigenvalue weighted by atomic mass is 9.86. The minimum atomic E-state index is 0.203. The van der Waals surface area contributed by atoms with Gasteiger partial charge in [-0.15, -0.1) is 0 Å². The van der Waals surface area contributed by atoms with Crippen LogP contribution in [0.25, 0.3) is 49.4 Å². The summed E-state index contributed by atoms with van der Waals surface area (Å²) >= 11 is 0. The first-order valence-electron chi connectivity index (χ1n) is 12.9. The molecule has 5 aromatic carbocycles. The highest BCUT2D eigenvalue weighted by atomic mass is 15.0. The van der Waals surface area contributed by atoms with Gasteiger partial charge in [-0.3, -0.25) is 0 Å². The summed E-state index contributed by atoms with van der Waals surface area (Å²) in [5.74, 6) is 0.203. The molecular formula is C35H21N5. The smallest absolute Gasteiger partial charge is 0.100 e. The number of hydrogen-bond acceptors (Lipinski definition) is 4. The van der Waals surface area contributed by atoms with Gasteiger partial charge in [0.1, 0.15) is 6.07 Å². The van der Waals surface area contributed by atoms with Gasteiger partial charge in [0.15, 0.2) is 0 Å². The van der Waals surface area contributed by atoms with E-state index in [1.165, 1.54) is 0 Å². The van der Waals surface area contributed by atoms with Crippen molar-refractivity contribution in [1.82, 2.24) is 4.57 Å². The van der Waals surface area contributed by atoms with Crippen molar-refractivity contribution in [2.45, 2.75) is 19.8 Å². The minimum Gasteiger partial charge on any atom is -0.309 e.